The Morgan fingerprint density at radius 2 is 1.66 bits per heavy atom. The lowest BCUT2D eigenvalue weighted by molar-refractivity contribution is -0.290. The monoisotopic (exact) mass is 450 g/mol. The van der Waals surface area contributed by atoms with E-state index < -0.39 is 49.2 Å². The first-order chi connectivity index (χ1) is 15.2. The standard InChI is InChI=1S/C21H22O11/c22-7-16-17(27)18(28)19(29)21(32-16)31-15-6-10-12(25)4-9(23)5-14(10)30-20(15)8-1-2-11(24)13(26)3-8/h1-6,14,16-19,21-29H,7H2/t14?,16-,17+,18-,19+,21+/m0/s1. The second kappa shape index (κ2) is 8.37. The zero-order chi connectivity index (χ0) is 23.2. The second-order valence-corrected chi connectivity index (χ2v) is 7.47. The first-order valence-corrected chi connectivity index (χ1v) is 9.63. The first-order valence-electron chi connectivity index (χ1n) is 9.63. The van der Waals surface area contributed by atoms with Crippen LogP contribution in [0.25, 0.3) is 5.76 Å². The molecule has 1 saturated heterocycles. The van der Waals surface area contributed by atoms with E-state index in [0.29, 0.717) is 0 Å². The summed E-state index contributed by atoms with van der Waals surface area (Å²) in [4.78, 5) is 0. The molecule has 1 aromatic carbocycles. The predicted octanol–water partition coefficient (Wildman–Crippen LogP) is -0.195. The van der Waals surface area contributed by atoms with Crippen LogP contribution in [-0.4, -0.2) is 84.3 Å². The van der Waals surface area contributed by atoms with E-state index >= 15 is 0 Å². The topological polar surface area (TPSA) is 190 Å². The number of fused-ring (bicyclic) bond motifs is 1. The Bertz CT molecular complexity index is 1020. The van der Waals surface area contributed by atoms with Gasteiger partial charge in [0.05, 0.1) is 6.61 Å². The number of allylic oxidation sites excluding steroid dienone is 2. The second-order valence-electron chi connectivity index (χ2n) is 7.47. The van der Waals surface area contributed by atoms with Crippen molar-refractivity contribution in [2.75, 3.05) is 6.61 Å². The molecule has 4 rings (SSSR count). The van der Waals surface area contributed by atoms with E-state index in [4.69, 9.17) is 14.2 Å². The number of rotatable bonds is 4. The van der Waals surface area contributed by atoms with Gasteiger partial charge in [0.2, 0.25) is 6.29 Å². The molecule has 32 heavy (non-hydrogen) atoms. The van der Waals surface area contributed by atoms with Crippen molar-refractivity contribution in [3.8, 4) is 11.5 Å². The molecule has 0 saturated carbocycles. The van der Waals surface area contributed by atoms with Gasteiger partial charge in [0.25, 0.3) is 0 Å². The van der Waals surface area contributed by atoms with Gasteiger partial charge < -0.3 is 55.1 Å². The van der Waals surface area contributed by atoms with Crippen LogP contribution in [0.3, 0.4) is 0 Å². The Hall–Kier alpha value is -3.22. The molecular weight excluding hydrogens is 428 g/mol. The van der Waals surface area contributed by atoms with Gasteiger partial charge in [0, 0.05) is 23.3 Å². The Balaban J connectivity index is 1.76. The van der Waals surface area contributed by atoms with Crippen molar-refractivity contribution in [3.63, 3.8) is 0 Å². The van der Waals surface area contributed by atoms with Crippen molar-refractivity contribution in [3.05, 3.63) is 64.8 Å². The summed E-state index contributed by atoms with van der Waals surface area (Å²) in [5.74, 6) is -1.49. The van der Waals surface area contributed by atoms with Crippen molar-refractivity contribution in [1.29, 1.82) is 0 Å². The Morgan fingerprint density at radius 3 is 2.34 bits per heavy atom. The van der Waals surface area contributed by atoms with Crippen LogP contribution < -0.4 is 0 Å². The lowest BCUT2D eigenvalue weighted by Crippen LogP contribution is -2.59. The smallest absolute Gasteiger partial charge is 0.229 e. The minimum absolute atomic E-state index is 0.00948. The van der Waals surface area contributed by atoms with Gasteiger partial charge in [0.1, 0.15) is 42.0 Å². The maximum atomic E-state index is 10.3. The van der Waals surface area contributed by atoms with Crippen LogP contribution in [0.5, 0.6) is 11.5 Å². The number of ether oxygens (including phenoxy) is 3. The Labute approximate surface area is 181 Å². The summed E-state index contributed by atoms with van der Waals surface area (Å²) in [5.41, 5.74) is 0.436. The number of aliphatic hydroxyl groups excluding tert-OH is 6. The molecule has 8 N–H and O–H groups in total. The molecular formula is C21H22O11. The highest BCUT2D eigenvalue weighted by molar-refractivity contribution is 5.70. The lowest BCUT2D eigenvalue weighted by Gasteiger charge is -2.40. The van der Waals surface area contributed by atoms with Crippen LogP contribution in [0, 0.1) is 0 Å². The SMILES string of the molecule is OC[C@@H]1O[C@@H](OC2=C(c3ccc(O)c(O)c3)OC3C=C(O)C=C(O)C3=C2)[C@H](O)[C@@H](O)[C@@H]1O. The van der Waals surface area contributed by atoms with Crippen LogP contribution in [0.1, 0.15) is 5.56 Å². The summed E-state index contributed by atoms with van der Waals surface area (Å²) >= 11 is 0. The minimum Gasteiger partial charge on any atom is -0.508 e. The average Bonchev–Trinajstić information content (AvgIpc) is 2.76. The molecule has 0 amide bonds. The van der Waals surface area contributed by atoms with Crippen molar-refractivity contribution in [1.82, 2.24) is 0 Å². The Morgan fingerprint density at radius 1 is 0.906 bits per heavy atom. The van der Waals surface area contributed by atoms with Gasteiger partial charge in [-0.15, -0.1) is 0 Å². The van der Waals surface area contributed by atoms with E-state index in [1.165, 1.54) is 30.4 Å². The summed E-state index contributed by atoms with van der Waals surface area (Å²) in [7, 11) is 0. The van der Waals surface area contributed by atoms with Crippen LogP contribution in [0.15, 0.2) is 59.3 Å². The number of hydrogen-bond donors (Lipinski definition) is 8. The molecule has 11 heteroatoms. The molecule has 2 aliphatic heterocycles. The molecule has 0 spiro atoms. The predicted molar refractivity (Wildman–Crippen MR) is 106 cm³/mol. The van der Waals surface area contributed by atoms with Crippen LogP contribution in [-0.2, 0) is 14.2 Å². The molecule has 1 unspecified atom stereocenters. The van der Waals surface area contributed by atoms with Crippen LogP contribution >= 0.6 is 0 Å². The zero-order valence-corrected chi connectivity index (χ0v) is 16.4. The summed E-state index contributed by atoms with van der Waals surface area (Å²) < 4.78 is 16.9. The summed E-state index contributed by atoms with van der Waals surface area (Å²) in [6.07, 6.45) is -4.89. The van der Waals surface area contributed by atoms with E-state index in [1.54, 1.807) is 0 Å². The number of aromatic hydroxyl groups is 2. The number of benzene rings is 1. The third-order valence-electron chi connectivity index (χ3n) is 5.29. The van der Waals surface area contributed by atoms with E-state index in [2.05, 4.69) is 0 Å². The lowest BCUT2D eigenvalue weighted by atomic mass is 9.96. The van der Waals surface area contributed by atoms with Crippen molar-refractivity contribution in [2.24, 2.45) is 0 Å². The van der Waals surface area contributed by atoms with Crippen molar-refractivity contribution >= 4 is 5.76 Å². The number of phenolic OH excluding ortho intramolecular Hbond substituents is 2. The highest BCUT2D eigenvalue weighted by atomic mass is 16.7. The van der Waals surface area contributed by atoms with E-state index in [-0.39, 0.29) is 39.9 Å². The molecule has 0 radical (unpaired) electrons. The largest absolute Gasteiger partial charge is 0.508 e. The molecule has 2 heterocycles. The molecule has 1 aliphatic carbocycles. The normalized spacial score (nSPS) is 32.3. The quantitative estimate of drug-likeness (QED) is 0.284. The summed E-state index contributed by atoms with van der Waals surface area (Å²) in [6.45, 7) is -0.657. The summed E-state index contributed by atoms with van der Waals surface area (Å²) in [5, 5.41) is 79.2. The van der Waals surface area contributed by atoms with E-state index in [9.17, 15) is 40.9 Å². The molecule has 1 aromatic rings. The van der Waals surface area contributed by atoms with Gasteiger partial charge >= 0.3 is 0 Å². The van der Waals surface area contributed by atoms with Gasteiger partial charge in [-0.1, -0.05) is 0 Å². The maximum absolute atomic E-state index is 10.3. The van der Waals surface area contributed by atoms with E-state index in [0.717, 1.165) is 6.08 Å². The van der Waals surface area contributed by atoms with Crippen LogP contribution in [0.4, 0.5) is 0 Å². The highest BCUT2D eigenvalue weighted by Gasteiger charge is 2.45. The van der Waals surface area contributed by atoms with Crippen molar-refractivity contribution in [2.45, 2.75) is 36.8 Å². The van der Waals surface area contributed by atoms with Gasteiger partial charge in [0.15, 0.2) is 23.0 Å². The molecule has 172 valence electrons. The average molecular weight is 450 g/mol. The van der Waals surface area contributed by atoms with E-state index in [1.807, 2.05) is 0 Å². The number of aliphatic hydroxyl groups is 6. The fourth-order valence-electron chi connectivity index (χ4n) is 3.56. The van der Waals surface area contributed by atoms with Gasteiger partial charge in [-0.25, -0.2) is 0 Å². The van der Waals surface area contributed by atoms with Crippen LogP contribution in [0.2, 0.25) is 0 Å². The highest BCUT2D eigenvalue weighted by Crippen LogP contribution is 2.39. The van der Waals surface area contributed by atoms with Crippen molar-refractivity contribution < 1.29 is 55.1 Å². The molecule has 0 aromatic heterocycles. The third kappa shape index (κ3) is 3.87. The molecule has 11 nitrogen and oxygen atoms in total. The van der Waals surface area contributed by atoms with Gasteiger partial charge in [-0.05, 0) is 24.3 Å². The van der Waals surface area contributed by atoms with Gasteiger partial charge in [-0.2, -0.15) is 0 Å². The maximum Gasteiger partial charge on any atom is 0.229 e. The van der Waals surface area contributed by atoms with Gasteiger partial charge in [-0.3, -0.25) is 0 Å². The molecule has 1 fully saturated rings. The molecule has 6 atom stereocenters. The molecule has 0 bridgehead atoms. The Kier molecular flexibility index (Phi) is 5.75. The zero-order valence-electron chi connectivity index (χ0n) is 16.4. The first kappa shape index (κ1) is 22.0. The number of hydrogen-bond acceptors (Lipinski definition) is 11. The fraction of sp³-hybridized carbons (Fsp3) is 0.333. The third-order valence-corrected chi connectivity index (χ3v) is 5.29. The molecule has 3 aliphatic rings. The minimum atomic E-state index is -1.70. The summed E-state index contributed by atoms with van der Waals surface area (Å²) in [6, 6.07) is 3.79. The fourth-order valence-corrected chi connectivity index (χ4v) is 3.56. The number of phenols is 2.